The van der Waals surface area contributed by atoms with Crippen molar-refractivity contribution in [3.05, 3.63) is 23.3 Å². The zero-order valence-corrected chi connectivity index (χ0v) is 11.3. The fourth-order valence-electron chi connectivity index (χ4n) is 2.70. The molecule has 0 radical (unpaired) electrons. The average molecular weight is 292 g/mol. The van der Waals surface area contributed by atoms with Gasteiger partial charge in [0.1, 0.15) is 0 Å². The van der Waals surface area contributed by atoms with Gasteiger partial charge in [0.15, 0.2) is 11.5 Å². The highest BCUT2D eigenvalue weighted by molar-refractivity contribution is 5.86. The van der Waals surface area contributed by atoms with Crippen LogP contribution in [0.5, 0.6) is 11.5 Å². The molecular weight excluding hydrogens is 276 g/mol. The molecule has 0 fully saturated rings. The van der Waals surface area contributed by atoms with Crippen LogP contribution >= 0.6 is 0 Å². The van der Waals surface area contributed by atoms with Gasteiger partial charge in [0.25, 0.3) is 0 Å². The summed E-state index contributed by atoms with van der Waals surface area (Å²) in [5.74, 6) is -0.0695. The van der Waals surface area contributed by atoms with Gasteiger partial charge in [0.05, 0.1) is 12.5 Å². The molecule has 1 aromatic rings. The van der Waals surface area contributed by atoms with E-state index in [9.17, 15) is 9.59 Å². The monoisotopic (exact) mass is 292 g/mol. The number of hydrogen-bond acceptors (Lipinski definition) is 5. The summed E-state index contributed by atoms with van der Waals surface area (Å²) in [6.07, 6.45) is 0.983. The Morgan fingerprint density at radius 3 is 2.38 bits per heavy atom. The van der Waals surface area contributed by atoms with Gasteiger partial charge in [-0.2, -0.15) is 0 Å². The Balaban J connectivity index is 1.63. The van der Waals surface area contributed by atoms with Crippen molar-refractivity contribution in [2.45, 2.75) is 31.3 Å². The lowest BCUT2D eigenvalue weighted by Gasteiger charge is -2.15. The molecule has 1 atom stereocenters. The van der Waals surface area contributed by atoms with E-state index in [4.69, 9.17) is 20.3 Å². The number of carboxylic acids is 1. The largest absolute Gasteiger partial charge is 0.481 e. The van der Waals surface area contributed by atoms with Crippen LogP contribution in [0.2, 0.25) is 0 Å². The van der Waals surface area contributed by atoms with Gasteiger partial charge in [-0.15, -0.1) is 0 Å². The van der Waals surface area contributed by atoms with Crippen molar-refractivity contribution in [3.63, 3.8) is 0 Å². The van der Waals surface area contributed by atoms with Crippen molar-refractivity contribution in [2.24, 2.45) is 5.73 Å². The predicted octanol–water partition coefficient (Wildman–Crippen LogP) is -0.199. The van der Waals surface area contributed by atoms with Gasteiger partial charge < -0.3 is 25.6 Å². The Hall–Kier alpha value is -2.28. The molecule has 1 amide bonds. The number of carbonyl (C=O) groups excluding carboxylic acids is 1. The third-order valence-corrected chi connectivity index (χ3v) is 3.71. The summed E-state index contributed by atoms with van der Waals surface area (Å²) < 4.78 is 10.7. The molecule has 21 heavy (non-hydrogen) atoms. The first-order valence-corrected chi connectivity index (χ1v) is 6.72. The van der Waals surface area contributed by atoms with E-state index in [1.54, 1.807) is 0 Å². The molecule has 0 saturated carbocycles. The number of rotatable bonds is 4. The maximum absolute atomic E-state index is 11.8. The topological polar surface area (TPSA) is 111 Å². The van der Waals surface area contributed by atoms with Crippen LogP contribution in [0.3, 0.4) is 0 Å². The molecule has 1 heterocycles. The van der Waals surface area contributed by atoms with Crippen molar-refractivity contribution in [1.29, 1.82) is 0 Å². The number of fused-ring (bicyclic) bond motifs is 2. The zero-order valence-electron chi connectivity index (χ0n) is 11.3. The first-order chi connectivity index (χ1) is 10.0. The summed E-state index contributed by atoms with van der Waals surface area (Å²) in [6, 6.07) is 2.76. The first-order valence-electron chi connectivity index (χ1n) is 6.72. The summed E-state index contributed by atoms with van der Waals surface area (Å²) in [5, 5.41) is 11.4. The molecule has 7 nitrogen and oxygen atoms in total. The number of hydrogen-bond donors (Lipinski definition) is 3. The molecule has 0 bridgehead atoms. The van der Waals surface area contributed by atoms with Crippen LogP contribution in [0.1, 0.15) is 17.5 Å². The van der Waals surface area contributed by atoms with E-state index >= 15 is 0 Å². The minimum absolute atomic E-state index is 0.0742. The van der Waals surface area contributed by atoms with Gasteiger partial charge in [-0.3, -0.25) is 9.59 Å². The lowest BCUT2D eigenvalue weighted by molar-refractivity contribution is -0.139. The second kappa shape index (κ2) is 5.25. The molecular formula is C14H16N2O5. The summed E-state index contributed by atoms with van der Waals surface area (Å²) in [4.78, 5) is 22.4. The molecule has 0 saturated heterocycles. The molecule has 3 rings (SSSR count). The molecule has 0 spiro atoms. The molecule has 1 aromatic carbocycles. The van der Waals surface area contributed by atoms with Crippen LogP contribution in [-0.2, 0) is 22.4 Å². The van der Waals surface area contributed by atoms with E-state index in [-0.39, 0.29) is 19.3 Å². The lowest BCUT2D eigenvalue weighted by atomic mass is 10.1. The van der Waals surface area contributed by atoms with Gasteiger partial charge in [-0.25, -0.2) is 0 Å². The molecule has 7 heteroatoms. The van der Waals surface area contributed by atoms with Crippen LogP contribution in [0.4, 0.5) is 0 Å². The third kappa shape index (κ3) is 2.78. The second-order valence-corrected chi connectivity index (χ2v) is 5.29. The van der Waals surface area contributed by atoms with Crippen molar-refractivity contribution < 1.29 is 24.2 Å². The maximum atomic E-state index is 11.8. The van der Waals surface area contributed by atoms with Gasteiger partial charge in [-0.1, -0.05) is 0 Å². The van der Waals surface area contributed by atoms with Gasteiger partial charge in [0, 0.05) is 6.04 Å². The Morgan fingerprint density at radius 2 is 1.86 bits per heavy atom. The summed E-state index contributed by atoms with van der Waals surface area (Å²) in [5.41, 5.74) is 7.76. The number of nitrogens with two attached hydrogens (primary N) is 1. The number of ether oxygens (including phenoxy) is 2. The number of aliphatic carboxylic acids is 1. The van der Waals surface area contributed by atoms with E-state index in [2.05, 4.69) is 5.32 Å². The SMILES string of the molecule is NC(CC(=O)O)C(=O)NC1Cc2cc3c(cc2C1)OCO3. The van der Waals surface area contributed by atoms with E-state index in [0.717, 1.165) is 22.6 Å². The second-order valence-electron chi connectivity index (χ2n) is 5.29. The van der Waals surface area contributed by atoms with Crippen molar-refractivity contribution in [3.8, 4) is 11.5 Å². The fraction of sp³-hybridized carbons (Fsp3) is 0.429. The van der Waals surface area contributed by atoms with E-state index in [1.807, 2.05) is 12.1 Å². The van der Waals surface area contributed by atoms with E-state index < -0.39 is 17.9 Å². The third-order valence-electron chi connectivity index (χ3n) is 3.71. The summed E-state index contributed by atoms with van der Waals surface area (Å²) in [7, 11) is 0. The van der Waals surface area contributed by atoms with Crippen LogP contribution < -0.4 is 20.5 Å². The van der Waals surface area contributed by atoms with Crippen LogP contribution in [0.15, 0.2) is 12.1 Å². The van der Waals surface area contributed by atoms with E-state index in [0.29, 0.717) is 12.8 Å². The fourth-order valence-corrected chi connectivity index (χ4v) is 2.70. The van der Waals surface area contributed by atoms with Gasteiger partial charge in [-0.05, 0) is 36.1 Å². The van der Waals surface area contributed by atoms with Crippen LogP contribution in [0.25, 0.3) is 0 Å². The molecule has 4 N–H and O–H groups in total. The van der Waals surface area contributed by atoms with Crippen molar-refractivity contribution in [2.75, 3.05) is 6.79 Å². The Morgan fingerprint density at radius 1 is 1.29 bits per heavy atom. The first kappa shape index (κ1) is 13.7. The number of benzene rings is 1. The number of amides is 1. The molecule has 1 aliphatic heterocycles. The average Bonchev–Trinajstić information content (AvgIpc) is 2.99. The van der Waals surface area contributed by atoms with Crippen LogP contribution in [-0.4, -0.2) is 35.9 Å². The smallest absolute Gasteiger partial charge is 0.305 e. The minimum Gasteiger partial charge on any atom is -0.481 e. The standard InChI is InChI=1S/C14H16N2O5/c15-10(5-13(17)18)14(19)16-9-1-7-3-11-12(21-6-20-11)4-8(7)2-9/h3-4,9-10H,1-2,5-6,15H2,(H,16,19)(H,17,18). The van der Waals surface area contributed by atoms with E-state index in [1.165, 1.54) is 0 Å². The summed E-state index contributed by atoms with van der Waals surface area (Å²) in [6.45, 7) is 0.239. The van der Waals surface area contributed by atoms with Gasteiger partial charge >= 0.3 is 5.97 Å². The van der Waals surface area contributed by atoms with Gasteiger partial charge in [0.2, 0.25) is 12.7 Å². The predicted molar refractivity (Wildman–Crippen MR) is 72.1 cm³/mol. The molecule has 1 aliphatic carbocycles. The normalized spacial score (nSPS) is 17.4. The molecule has 1 unspecified atom stereocenters. The number of carbonyl (C=O) groups is 2. The van der Waals surface area contributed by atoms with Crippen LogP contribution in [0, 0.1) is 0 Å². The molecule has 112 valence electrons. The van der Waals surface area contributed by atoms with Crippen molar-refractivity contribution >= 4 is 11.9 Å². The Kier molecular flexibility index (Phi) is 3.42. The zero-order chi connectivity index (χ0) is 15.0. The minimum atomic E-state index is -1.09. The highest BCUT2D eigenvalue weighted by Gasteiger charge is 2.28. The lowest BCUT2D eigenvalue weighted by Crippen LogP contribution is -2.46. The quantitative estimate of drug-likeness (QED) is 0.709. The van der Waals surface area contributed by atoms with Crippen molar-refractivity contribution in [1.82, 2.24) is 5.32 Å². The maximum Gasteiger partial charge on any atom is 0.305 e. The highest BCUT2D eigenvalue weighted by atomic mass is 16.7. The Bertz CT molecular complexity index is 568. The highest BCUT2D eigenvalue weighted by Crippen LogP contribution is 2.37. The Labute approximate surface area is 121 Å². The molecule has 2 aliphatic rings. The number of nitrogens with one attached hydrogen (secondary N) is 1. The number of carboxylic acid groups (broad SMARTS) is 1. The summed E-state index contributed by atoms with van der Waals surface area (Å²) >= 11 is 0. The molecule has 0 aromatic heterocycles.